The van der Waals surface area contributed by atoms with Crippen LogP contribution in [0.15, 0.2) is 18.2 Å². The van der Waals surface area contributed by atoms with Gasteiger partial charge in [0.2, 0.25) is 5.95 Å². The van der Waals surface area contributed by atoms with E-state index in [1.165, 1.54) is 0 Å². The van der Waals surface area contributed by atoms with E-state index in [0.717, 1.165) is 30.9 Å². The average molecular weight is 262 g/mol. The number of fused-ring (bicyclic) bond motifs is 1. The highest BCUT2D eigenvalue weighted by Gasteiger charge is 2.03. The summed E-state index contributed by atoms with van der Waals surface area (Å²) in [5.74, 6) is 1.35. The summed E-state index contributed by atoms with van der Waals surface area (Å²) in [5.41, 5.74) is 1.94. The van der Waals surface area contributed by atoms with Crippen LogP contribution in [0.4, 0.5) is 5.95 Å². The Morgan fingerprint density at radius 3 is 2.89 bits per heavy atom. The highest BCUT2D eigenvalue weighted by molar-refractivity contribution is 5.44. The number of aromatic nitrogens is 3. The van der Waals surface area contributed by atoms with Crippen molar-refractivity contribution in [1.29, 1.82) is 0 Å². The van der Waals surface area contributed by atoms with Gasteiger partial charge in [0.1, 0.15) is 0 Å². The van der Waals surface area contributed by atoms with Crippen LogP contribution in [-0.2, 0) is 4.74 Å². The Morgan fingerprint density at radius 2 is 2.16 bits per heavy atom. The molecule has 0 aromatic carbocycles. The van der Waals surface area contributed by atoms with Crippen LogP contribution in [0.5, 0.6) is 0 Å². The van der Waals surface area contributed by atoms with E-state index >= 15 is 0 Å². The number of nitrogens with one attached hydrogen (secondary N) is 1. The lowest BCUT2D eigenvalue weighted by atomic mass is 10.1. The van der Waals surface area contributed by atoms with Gasteiger partial charge in [0.25, 0.3) is 0 Å². The first-order chi connectivity index (χ1) is 9.16. The molecule has 104 valence electrons. The molecule has 0 amide bonds. The Labute approximate surface area is 114 Å². The van der Waals surface area contributed by atoms with E-state index in [1.54, 1.807) is 0 Å². The Balaban J connectivity index is 1.77. The van der Waals surface area contributed by atoms with Gasteiger partial charge in [-0.3, -0.25) is 0 Å². The van der Waals surface area contributed by atoms with Crippen molar-refractivity contribution in [3.05, 3.63) is 23.9 Å². The fraction of sp³-hybridized carbons (Fsp3) is 0.571. The van der Waals surface area contributed by atoms with E-state index < -0.39 is 0 Å². The zero-order valence-corrected chi connectivity index (χ0v) is 11.9. The topological polar surface area (TPSA) is 51.5 Å². The summed E-state index contributed by atoms with van der Waals surface area (Å²) in [6.07, 6.45) is 1.10. The average Bonchev–Trinajstić information content (AvgIpc) is 2.78. The van der Waals surface area contributed by atoms with Crippen LogP contribution in [0.2, 0.25) is 0 Å². The maximum absolute atomic E-state index is 5.54. The molecule has 2 aromatic rings. The summed E-state index contributed by atoms with van der Waals surface area (Å²) in [6.45, 7) is 8.64. The highest BCUT2D eigenvalue weighted by atomic mass is 16.5. The predicted molar refractivity (Wildman–Crippen MR) is 76.5 cm³/mol. The van der Waals surface area contributed by atoms with Gasteiger partial charge < -0.3 is 10.1 Å². The molecule has 19 heavy (non-hydrogen) atoms. The standard InChI is InChI=1S/C14H22N4O/c1-11(2)7-9-19-10-8-15-14-16-13-6-4-5-12(3)18(13)17-14/h4-6,11H,7-10H2,1-3H3,(H,15,17). The van der Waals surface area contributed by atoms with Gasteiger partial charge in [-0.05, 0) is 31.4 Å². The van der Waals surface area contributed by atoms with Gasteiger partial charge in [0, 0.05) is 18.8 Å². The summed E-state index contributed by atoms with van der Waals surface area (Å²) in [7, 11) is 0. The fourth-order valence-electron chi connectivity index (χ4n) is 1.77. The fourth-order valence-corrected chi connectivity index (χ4v) is 1.77. The maximum Gasteiger partial charge on any atom is 0.243 e. The van der Waals surface area contributed by atoms with E-state index in [-0.39, 0.29) is 0 Å². The van der Waals surface area contributed by atoms with E-state index in [2.05, 4.69) is 29.2 Å². The first-order valence-electron chi connectivity index (χ1n) is 6.81. The molecule has 2 aromatic heterocycles. The van der Waals surface area contributed by atoms with Crippen molar-refractivity contribution in [3.63, 3.8) is 0 Å². The van der Waals surface area contributed by atoms with Crippen molar-refractivity contribution in [2.45, 2.75) is 27.2 Å². The number of pyridine rings is 1. The number of nitrogens with zero attached hydrogens (tertiary/aromatic N) is 3. The summed E-state index contributed by atoms with van der Waals surface area (Å²) in [5, 5.41) is 7.58. The lowest BCUT2D eigenvalue weighted by Gasteiger charge is -2.06. The monoisotopic (exact) mass is 262 g/mol. The molecule has 0 aliphatic heterocycles. The lowest BCUT2D eigenvalue weighted by molar-refractivity contribution is 0.132. The molecule has 5 nitrogen and oxygen atoms in total. The van der Waals surface area contributed by atoms with Crippen LogP contribution in [0.3, 0.4) is 0 Å². The van der Waals surface area contributed by atoms with Crippen LogP contribution in [-0.4, -0.2) is 34.4 Å². The van der Waals surface area contributed by atoms with Gasteiger partial charge in [-0.15, -0.1) is 5.10 Å². The smallest absolute Gasteiger partial charge is 0.243 e. The van der Waals surface area contributed by atoms with Crippen LogP contribution < -0.4 is 5.32 Å². The minimum atomic E-state index is 0.654. The second-order valence-corrected chi connectivity index (χ2v) is 5.09. The van der Waals surface area contributed by atoms with E-state index in [9.17, 15) is 0 Å². The van der Waals surface area contributed by atoms with Gasteiger partial charge in [-0.2, -0.15) is 4.98 Å². The van der Waals surface area contributed by atoms with Crippen molar-refractivity contribution >= 4 is 11.6 Å². The second kappa shape index (κ2) is 6.52. The van der Waals surface area contributed by atoms with Crippen molar-refractivity contribution in [1.82, 2.24) is 14.6 Å². The molecule has 0 bridgehead atoms. The highest BCUT2D eigenvalue weighted by Crippen LogP contribution is 2.07. The zero-order valence-electron chi connectivity index (χ0n) is 11.9. The molecule has 5 heteroatoms. The lowest BCUT2D eigenvalue weighted by Crippen LogP contribution is -2.11. The first-order valence-corrected chi connectivity index (χ1v) is 6.81. The third-order valence-electron chi connectivity index (χ3n) is 2.92. The summed E-state index contributed by atoms with van der Waals surface area (Å²) in [6, 6.07) is 5.95. The van der Waals surface area contributed by atoms with E-state index in [4.69, 9.17) is 4.74 Å². The summed E-state index contributed by atoms with van der Waals surface area (Å²) >= 11 is 0. The molecular formula is C14H22N4O. The van der Waals surface area contributed by atoms with E-state index in [0.29, 0.717) is 18.5 Å². The third-order valence-corrected chi connectivity index (χ3v) is 2.92. The van der Waals surface area contributed by atoms with Crippen molar-refractivity contribution in [2.24, 2.45) is 5.92 Å². The molecule has 0 saturated carbocycles. The molecule has 0 fully saturated rings. The predicted octanol–water partition coefficient (Wildman–Crippen LogP) is 2.51. The molecule has 0 saturated heterocycles. The number of hydrogen-bond donors (Lipinski definition) is 1. The van der Waals surface area contributed by atoms with Crippen molar-refractivity contribution in [2.75, 3.05) is 25.1 Å². The molecule has 0 spiro atoms. The molecule has 2 rings (SSSR count). The van der Waals surface area contributed by atoms with Gasteiger partial charge in [0.05, 0.1) is 6.61 Å². The Hall–Kier alpha value is -1.62. The molecular weight excluding hydrogens is 240 g/mol. The van der Waals surface area contributed by atoms with Crippen LogP contribution in [0.25, 0.3) is 5.65 Å². The van der Waals surface area contributed by atoms with Gasteiger partial charge in [-0.1, -0.05) is 19.9 Å². The minimum absolute atomic E-state index is 0.654. The Morgan fingerprint density at radius 1 is 1.32 bits per heavy atom. The molecule has 0 radical (unpaired) electrons. The van der Waals surface area contributed by atoms with Crippen LogP contribution in [0, 0.1) is 12.8 Å². The number of aryl methyl sites for hydroxylation is 1. The maximum atomic E-state index is 5.54. The van der Waals surface area contributed by atoms with Gasteiger partial charge in [-0.25, -0.2) is 4.52 Å². The third kappa shape index (κ3) is 3.92. The number of anilines is 1. The normalized spacial score (nSPS) is 11.4. The van der Waals surface area contributed by atoms with Crippen molar-refractivity contribution in [3.8, 4) is 0 Å². The molecule has 2 heterocycles. The molecule has 0 unspecified atom stereocenters. The SMILES string of the molecule is Cc1cccc2nc(NCCOCCC(C)C)nn12. The minimum Gasteiger partial charge on any atom is -0.380 e. The summed E-state index contributed by atoms with van der Waals surface area (Å²) < 4.78 is 7.37. The van der Waals surface area contributed by atoms with Crippen LogP contribution >= 0.6 is 0 Å². The quantitative estimate of drug-likeness (QED) is 0.779. The largest absolute Gasteiger partial charge is 0.380 e. The molecule has 0 atom stereocenters. The molecule has 1 N–H and O–H groups in total. The van der Waals surface area contributed by atoms with E-state index in [1.807, 2.05) is 29.6 Å². The molecule has 0 aliphatic carbocycles. The van der Waals surface area contributed by atoms with Crippen LogP contribution in [0.1, 0.15) is 26.0 Å². The Kier molecular flexibility index (Phi) is 4.74. The zero-order chi connectivity index (χ0) is 13.7. The molecule has 0 aliphatic rings. The van der Waals surface area contributed by atoms with Crippen molar-refractivity contribution < 1.29 is 4.74 Å². The second-order valence-electron chi connectivity index (χ2n) is 5.09. The van der Waals surface area contributed by atoms with Gasteiger partial charge in [0.15, 0.2) is 5.65 Å². The van der Waals surface area contributed by atoms with Gasteiger partial charge >= 0.3 is 0 Å². The first kappa shape index (κ1) is 13.8. The number of rotatable bonds is 7. The number of hydrogen-bond acceptors (Lipinski definition) is 4. The number of ether oxygens (including phenoxy) is 1. The summed E-state index contributed by atoms with van der Waals surface area (Å²) in [4.78, 5) is 4.40. The Bertz CT molecular complexity index is 521.